The van der Waals surface area contributed by atoms with Crippen LogP contribution in [0.5, 0.6) is 5.75 Å². The van der Waals surface area contributed by atoms with Gasteiger partial charge in [-0.25, -0.2) is 9.37 Å². The number of ether oxygens (including phenoxy) is 1. The molecule has 0 radical (unpaired) electrons. The van der Waals surface area contributed by atoms with Gasteiger partial charge in [0.25, 0.3) is 5.91 Å². The number of primary amides is 1. The third-order valence-corrected chi connectivity index (χ3v) is 7.41. The van der Waals surface area contributed by atoms with Gasteiger partial charge in [0, 0.05) is 18.3 Å². The number of ketones is 1. The van der Waals surface area contributed by atoms with Crippen LogP contribution in [0.3, 0.4) is 0 Å². The number of carbonyl (C=O) groups excluding carboxylic acids is 3. The zero-order chi connectivity index (χ0) is 29.0. The maximum atomic E-state index is 13.5. The Labute approximate surface area is 238 Å². The van der Waals surface area contributed by atoms with Gasteiger partial charge >= 0.3 is 0 Å². The van der Waals surface area contributed by atoms with E-state index in [1.54, 1.807) is 62.5 Å². The number of nitrogens with zero attached hydrogens (tertiary/aromatic N) is 3. The molecule has 0 aliphatic carbocycles. The lowest BCUT2D eigenvalue weighted by Gasteiger charge is -2.26. The van der Waals surface area contributed by atoms with Crippen molar-refractivity contribution in [2.24, 2.45) is 5.73 Å². The Bertz CT molecular complexity index is 1550. The van der Waals surface area contributed by atoms with Gasteiger partial charge in [0.1, 0.15) is 28.3 Å². The number of hydrogen-bond acceptors (Lipinski definition) is 8. The van der Waals surface area contributed by atoms with Crippen LogP contribution < -0.4 is 26.0 Å². The second kappa shape index (κ2) is 12.1. The molecule has 9 nitrogen and oxygen atoms in total. The van der Waals surface area contributed by atoms with Gasteiger partial charge in [0.15, 0.2) is 11.7 Å². The number of thiazole rings is 1. The molecular weight excluding hydrogens is 557 g/mol. The molecule has 0 saturated carbocycles. The molecule has 3 aromatic carbocycles. The van der Waals surface area contributed by atoms with Crippen LogP contribution in [0, 0.1) is 5.82 Å². The first-order valence-electron chi connectivity index (χ1n) is 12.0. The van der Waals surface area contributed by atoms with Crippen LogP contribution in [0.25, 0.3) is 0 Å². The second-order valence-electron chi connectivity index (χ2n) is 8.68. The van der Waals surface area contributed by atoms with E-state index in [9.17, 15) is 18.8 Å². The first-order chi connectivity index (χ1) is 19.1. The van der Waals surface area contributed by atoms with Crippen molar-refractivity contribution in [2.75, 3.05) is 29.2 Å². The highest BCUT2D eigenvalue weighted by atomic mass is 35.5. The van der Waals surface area contributed by atoms with Crippen molar-refractivity contribution in [2.45, 2.75) is 13.0 Å². The van der Waals surface area contributed by atoms with Gasteiger partial charge in [0.05, 0.1) is 10.7 Å². The van der Waals surface area contributed by atoms with Gasteiger partial charge in [-0.05, 0) is 67.6 Å². The van der Waals surface area contributed by atoms with E-state index in [-0.39, 0.29) is 28.3 Å². The summed E-state index contributed by atoms with van der Waals surface area (Å²) in [6.45, 7) is 1.33. The number of aromatic nitrogens is 1. The Morgan fingerprint density at radius 3 is 2.33 bits per heavy atom. The lowest BCUT2D eigenvalue weighted by atomic mass is 10.1. The van der Waals surface area contributed by atoms with Crippen molar-refractivity contribution in [3.63, 3.8) is 0 Å². The van der Waals surface area contributed by atoms with E-state index < -0.39 is 23.5 Å². The van der Waals surface area contributed by atoms with Gasteiger partial charge in [0.2, 0.25) is 11.7 Å². The number of carbonyl (C=O) groups is 3. The van der Waals surface area contributed by atoms with Gasteiger partial charge in [-0.2, -0.15) is 0 Å². The van der Waals surface area contributed by atoms with Crippen LogP contribution in [-0.2, 0) is 9.59 Å². The van der Waals surface area contributed by atoms with E-state index in [0.717, 1.165) is 11.3 Å². The van der Waals surface area contributed by atoms with E-state index in [1.165, 1.54) is 34.1 Å². The van der Waals surface area contributed by atoms with Crippen molar-refractivity contribution in [3.05, 3.63) is 94.1 Å². The first-order valence-corrected chi connectivity index (χ1v) is 13.1. The highest BCUT2D eigenvalue weighted by Gasteiger charge is 2.27. The SMILES string of the molecule is CC(C(N)=O)N(c1ccc(F)cc1)c1nc(N)c(C(=O)c2ccc(OCC(=O)N(C)c3ccccc3Cl)cc2)s1. The quantitative estimate of drug-likeness (QED) is 0.257. The summed E-state index contributed by atoms with van der Waals surface area (Å²) in [6.07, 6.45) is 0. The number of anilines is 4. The predicted octanol–water partition coefficient (Wildman–Crippen LogP) is 4.80. The van der Waals surface area contributed by atoms with E-state index in [1.807, 2.05) is 0 Å². The van der Waals surface area contributed by atoms with Crippen LogP contribution in [0.1, 0.15) is 22.2 Å². The Hall–Kier alpha value is -4.48. The minimum absolute atomic E-state index is 0.0256. The Morgan fingerprint density at radius 1 is 1.05 bits per heavy atom. The molecule has 1 heterocycles. The summed E-state index contributed by atoms with van der Waals surface area (Å²) >= 11 is 7.14. The molecule has 0 aliphatic rings. The highest BCUT2D eigenvalue weighted by molar-refractivity contribution is 7.18. The van der Waals surface area contributed by atoms with Crippen LogP contribution in [0.2, 0.25) is 5.02 Å². The molecule has 0 spiro atoms. The predicted molar refractivity (Wildman–Crippen MR) is 154 cm³/mol. The fraction of sp³-hybridized carbons (Fsp3) is 0.143. The molecule has 0 saturated heterocycles. The Balaban J connectivity index is 1.48. The lowest BCUT2D eigenvalue weighted by Crippen LogP contribution is -2.39. The largest absolute Gasteiger partial charge is 0.484 e. The molecule has 0 fully saturated rings. The molecule has 0 bridgehead atoms. The monoisotopic (exact) mass is 581 g/mol. The summed E-state index contributed by atoms with van der Waals surface area (Å²) in [5.41, 5.74) is 12.9. The molecule has 4 aromatic rings. The summed E-state index contributed by atoms with van der Waals surface area (Å²) in [7, 11) is 1.60. The number of likely N-dealkylation sites (N-methyl/N-ethyl adjacent to an activating group) is 1. The number of halogens is 2. The molecule has 1 atom stereocenters. The van der Waals surface area contributed by atoms with Crippen molar-refractivity contribution >= 4 is 62.9 Å². The fourth-order valence-electron chi connectivity index (χ4n) is 3.75. The zero-order valence-electron chi connectivity index (χ0n) is 21.5. The number of para-hydroxylation sites is 1. The summed E-state index contributed by atoms with van der Waals surface area (Å²) < 4.78 is 19.1. The zero-order valence-corrected chi connectivity index (χ0v) is 23.1. The molecule has 2 amide bonds. The number of nitrogens with two attached hydrogens (primary N) is 2. The fourth-order valence-corrected chi connectivity index (χ4v) is 5.06. The summed E-state index contributed by atoms with van der Waals surface area (Å²) in [5.74, 6) is -1.44. The number of nitrogen functional groups attached to an aromatic ring is 1. The first kappa shape index (κ1) is 28.5. The Kier molecular flexibility index (Phi) is 8.66. The van der Waals surface area contributed by atoms with Crippen LogP contribution >= 0.6 is 22.9 Å². The average Bonchev–Trinajstić information content (AvgIpc) is 3.33. The van der Waals surface area contributed by atoms with Crippen LogP contribution in [0.4, 0.5) is 26.7 Å². The molecule has 40 heavy (non-hydrogen) atoms. The van der Waals surface area contributed by atoms with E-state index in [4.69, 9.17) is 27.8 Å². The van der Waals surface area contributed by atoms with Gasteiger partial charge in [-0.3, -0.25) is 14.4 Å². The van der Waals surface area contributed by atoms with Crippen LogP contribution in [0.15, 0.2) is 72.8 Å². The third-order valence-electron chi connectivity index (χ3n) is 6.02. The van der Waals surface area contributed by atoms with E-state index in [0.29, 0.717) is 27.7 Å². The molecule has 4 N–H and O–H groups in total. The summed E-state index contributed by atoms with van der Waals surface area (Å²) in [4.78, 5) is 45.2. The van der Waals surface area contributed by atoms with Crippen molar-refractivity contribution in [3.8, 4) is 5.75 Å². The van der Waals surface area contributed by atoms with Gasteiger partial charge < -0.3 is 26.0 Å². The van der Waals surface area contributed by atoms with Crippen molar-refractivity contribution in [1.82, 2.24) is 4.98 Å². The molecule has 4 rings (SSSR count). The third kappa shape index (κ3) is 6.22. The second-order valence-corrected chi connectivity index (χ2v) is 10.1. The van der Waals surface area contributed by atoms with Gasteiger partial charge in [-0.1, -0.05) is 35.1 Å². The number of amides is 2. The number of hydrogen-bond donors (Lipinski definition) is 2. The molecule has 1 unspecified atom stereocenters. The number of rotatable bonds is 10. The normalized spacial score (nSPS) is 11.5. The smallest absolute Gasteiger partial charge is 0.264 e. The van der Waals surface area contributed by atoms with Crippen molar-refractivity contribution < 1.29 is 23.5 Å². The van der Waals surface area contributed by atoms with Crippen LogP contribution in [-0.4, -0.2) is 42.3 Å². The minimum atomic E-state index is -0.852. The van der Waals surface area contributed by atoms with E-state index >= 15 is 0 Å². The molecule has 12 heteroatoms. The standard InChI is InChI=1S/C28H25ClFN5O4S/c1-16(27(32)38)35(19-11-9-18(30)10-12-19)28-33-26(31)25(40-28)24(37)17-7-13-20(14-8-17)39-15-23(36)34(2)22-6-4-3-5-21(22)29/h3-14,16H,15,31H2,1-2H3,(H2,32,38). The topological polar surface area (TPSA) is 132 Å². The number of benzene rings is 3. The molecule has 206 valence electrons. The van der Waals surface area contributed by atoms with E-state index in [2.05, 4.69) is 4.98 Å². The maximum absolute atomic E-state index is 13.5. The summed E-state index contributed by atoms with van der Waals surface area (Å²) in [6, 6.07) is 17.8. The lowest BCUT2D eigenvalue weighted by molar-refractivity contribution is -0.120. The summed E-state index contributed by atoms with van der Waals surface area (Å²) in [5, 5.41) is 0.691. The Morgan fingerprint density at radius 2 is 1.70 bits per heavy atom. The molecular formula is C28H25ClFN5O4S. The minimum Gasteiger partial charge on any atom is -0.484 e. The average molecular weight is 582 g/mol. The maximum Gasteiger partial charge on any atom is 0.264 e. The van der Waals surface area contributed by atoms with Gasteiger partial charge in [-0.15, -0.1) is 0 Å². The molecule has 1 aromatic heterocycles. The molecule has 0 aliphatic heterocycles. The highest BCUT2D eigenvalue weighted by Crippen LogP contribution is 2.36. The van der Waals surface area contributed by atoms with Crippen molar-refractivity contribution in [1.29, 1.82) is 0 Å².